The second kappa shape index (κ2) is 5.32. The van der Waals surface area contributed by atoms with Crippen LogP contribution in [0.25, 0.3) is 0 Å². The van der Waals surface area contributed by atoms with Crippen molar-refractivity contribution in [3.8, 4) is 0 Å². The number of nitrogens with zero attached hydrogens (tertiary/aromatic N) is 2. The summed E-state index contributed by atoms with van der Waals surface area (Å²) in [6.07, 6.45) is -1.01. The van der Waals surface area contributed by atoms with E-state index in [1.165, 1.54) is 21.0 Å². The third-order valence-electron chi connectivity index (χ3n) is 6.05. The first-order valence-electron chi connectivity index (χ1n) is 8.52. The van der Waals surface area contributed by atoms with Gasteiger partial charge in [0.2, 0.25) is 17.5 Å². The zero-order valence-corrected chi connectivity index (χ0v) is 15.1. The molecule has 3 heterocycles. The van der Waals surface area contributed by atoms with Gasteiger partial charge >= 0.3 is 6.09 Å². The van der Waals surface area contributed by atoms with Crippen molar-refractivity contribution in [2.24, 2.45) is 17.4 Å². The van der Waals surface area contributed by atoms with Gasteiger partial charge in [-0.1, -0.05) is 0 Å². The molecule has 0 saturated carbocycles. The Hall–Kier alpha value is -2.88. The predicted molar refractivity (Wildman–Crippen MR) is 89.5 cm³/mol. The van der Waals surface area contributed by atoms with Gasteiger partial charge in [-0.2, -0.15) is 0 Å². The minimum atomic E-state index is -1.19. The van der Waals surface area contributed by atoms with Crippen molar-refractivity contribution in [2.45, 2.75) is 31.7 Å². The molecule has 2 fully saturated rings. The summed E-state index contributed by atoms with van der Waals surface area (Å²) in [5.41, 5.74) is 10.2. The number of methoxy groups -OCH3 is 1. The molecule has 0 aromatic heterocycles. The molecule has 4 rings (SSSR count). The number of hydrogen-bond donors (Lipinski definition) is 2. The number of nitrogens with two attached hydrogens (primary N) is 2. The first kappa shape index (κ1) is 17.5. The molecule has 0 spiro atoms. The quantitative estimate of drug-likeness (QED) is 0.452. The number of Topliss-reactive ketones (excluding diaryl/α,β-unsaturated/α-hetero) is 2. The normalized spacial score (nSPS) is 34.0. The molecule has 0 aromatic carbocycles. The lowest BCUT2D eigenvalue weighted by molar-refractivity contribution is -0.152. The standard InChI is InChI=1S/C17H20N4O6/c1-6-11(18)14(24)10-8(5-27-16(19)25)17(26-3)15-9(21(15)7(2)22)4-20(17)12(10)13(6)23/h8-9,15H,4-5,18H2,1-3H3,(H2,19,25)/t8-,9+,15+,17-,21?/m1/s1. The smallest absolute Gasteiger partial charge is 0.404 e. The average Bonchev–Trinajstić information content (AvgIpc) is 3.13. The molecule has 0 unspecified atom stereocenters. The molecule has 0 bridgehead atoms. The van der Waals surface area contributed by atoms with Crippen LogP contribution in [0.1, 0.15) is 13.8 Å². The Balaban J connectivity index is 1.85. The fourth-order valence-electron chi connectivity index (χ4n) is 4.91. The van der Waals surface area contributed by atoms with Crippen LogP contribution in [0, 0.1) is 5.92 Å². The van der Waals surface area contributed by atoms with Gasteiger partial charge in [0.25, 0.3) is 0 Å². The van der Waals surface area contributed by atoms with E-state index < -0.39 is 23.5 Å². The summed E-state index contributed by atoms with van der Waals surface area (Å²) < 4.78 is 10.8. The predicted octanol–water partition coefficient (Wildman–Crippen LogP) is -1.39. The number of carbonyl (C=O) groups excluding carboxylic acids is 4. The number of fused-ring (bicyclic) bond motifs is 4. The molecule has 27 heavy (non-hydrogen) atoms. The molecule has 0 aromatic rings. The lowest BCUT2D eigenvalue weighted by Crippen LogP contribution is -2.56. The number of hydrogen-bond acceptors (Lipinski definition) is 8. The van der Waals surface area contributed by atoms with Gasteiger partial charge in [-0.05, 0) is 6.92 Å². The second-order valence-electron chi connectivity index (χ2n) is 7.15. The minimum Gasteiger partial charge on any atom is -0.449 e. The highest BCUT2D eigenvalue weighted by Crippen LogP contribution is 2.59. The maximum Gasteiger partial charge on any atom is 0.404 e. The first-order chi connectivity index (χ1) is 12.7. The summed E-state index contributed by atoms with van der Waals surface area (Å²) in [6.45, 7) is 3.03. The van der Waals surface area contributed by atoms with Crippen molar-refractivity contribution in [3.63, 3.8) is 0 Å². The van der Waals surface area contributed by atoms with E-state index >= 15 is 0 Å². The Morgan fingerprint density at radius 2 is 1.96 bits per heavy atom. The number of carbonyl (C=O) groups is 4. The molecule has 1 aliphatic carbocycles. The van der Waals surface area contributed by atoms with E-state index in [2.05, 4.69) is 0 Å². The summed E-state index contributed by atoms with van der Waals surface area (Å²) >= 11 is 0. The molecule has 10 nitrogen and oxygen atoms in total. The van der Waals surface area contributed by atoms with Crippen LogP contribution < -0.4 is 11.5 Å². The fraction of sp³-hybridized carbons (Fsp3) is 0.529. The number of rotatable bonds is 3. The third kappa shape index (κ3) is 1.93. The topological polar surface area (TPSA) is 145 Å². The molecule has 3 aliphatic heterocycles. The Morgan fingerprint density at radius 3 is 2.52 bits per heavy atom. The molecule has 4 N–H and O–H groups in total. The van der Waals surface area contributed by atoms with Crippen molar-refractivity contribution in [1.29, 1.82) is 0 Å². The van der Waals surface area contributed by atoms with Crippen molar-refractivity contribution in [3.05, 3.63) is 22.5 Å². The van der Waals surface area contributed by atoms with Crippen LogP contribution in [-0.4, -0.2) is 71.4 Å². The fourth-order valence-corrected chi connectivity index (χ4v) is 4.91. The van der Waals surface area contributed by atoms with Gasteiger partial charge in [0, 0.05) is 31.7 Å². The summed E-state index contributed by atoms with van der Waals surface area (Å²) in [5, 5.41) is 0. The lowest BCUT2D eigenvalue weighted by atomic mass is 9.82. The van der Waals surface area contributed by atoms with Crippen LogP contribution in [0.3, 0.4) is 0 Å². The van der Waals surface area contributed by atoms with E-state index in [1.807, 2.05) is 0 Å². The van der Waals surface area contributed by atoms with E-state index in [0.717, 1.165) is 0 Å². The van der Waals surface area contributed by atoms with Gasteiger partial charge in [0.15, 0.2) is 5.72 Å². The third-order valence-corrected chi connectivity index (χ3v) is 6.05. The van der Waals surface area contributed by atoms with Crippen molar-refractivity contribution >= 4 is 23.6 Å². The van der Waals surface area contributed by atoms with Crippen molar-refractivity contribution in [1.82, 2.24) is 9.80 Å². The molecule has 4 atom stereocenters. The molecule has 144 valence electrons. The van der Waals surface area contributed by atoms with E-state index in [4.69, 9.17) is 20.9 Å². The van der Waals surface area contributed by atoms with E-state index in [-0.39, 0.29) is 52.9 Å². The lowest BCUT2D eigenvalue weighted by Gasteiger charge is -2.40. The Kier molecular flexibility index (Phi) is 3.45. The Morgan fingerprint density at radius 1 is 1.30 bits per heavy atom. The van der Waals surface area contributed by atoms with E-state index in [1.54, 1.807) is 9.80 Å². The van der Waals surface area contributed by atoms with Crippen molar-refractivity contribution < 1.29 is 28.7 Å². The van der Waals surface area contributed by atoms with Crippen LogP contribution in [0.5, 0.6) is 0 Å². The number of piperazine rings is 1. The molecule has 4 aliphatic rings. The van der Waals surface area contributed by atoms with E-state index in [0.29, 0.717) is 6.54 Å². The largest absolute Gasteiger partial charge is 0.449 e. The highest BCUT2D eigenvalue weighted by molar-refractivity contribution is 6.25. The van der Waals surface area contributed by atoms with Gasteiger partial charge in [-0.25, -0.2) is 4.79 Å². The monoisotopic (exact) mass is 376 g/mol. The molecule has 2 saturated heterocycles. The number of ether oxygens (including phenoxy) is 2. The van der Waals surface area contributed by atoms with Gasteiger partial charge in [0.05, 0.1) is 23.4 Å². The van der Waals surface area contributed by atoms with Crippen molar-refractivity contribution in [2.75, 3.05) is 20.3 Å². The summed E-state index contributed by atoms with van der Waals surface area (Å²) in [4.78, 5) is 52.4. The average molecular weight is 376 g/mol. The van der Waals surface area contributed by atoms with Crippen LogP contribution in [0.2, 0.25) is 0 Å². The number of ketones is 2. The van der Waals surface area contributed by atoms with Gasteiger partial charge in [-0.15, -0.1) is 0 Å². The first-order valence-corrected chi connectivity index (χ1v) is 8.52. The number of amides is 2. The van der Waals surface area contributed by atoms with Gasteiger partial charge < -0.3 is 30.7 Å². The molecule has 10 heteroatoms. The van der Waals surface area contributed by atoms with Crippen LogP contribution in [0.15, 0.2) is 22.5 Å². The zero-order valence-electron chi connectivity index (χ0n) is 15.1. The molecule has 2 amide bonds. The molecule has 0 radical (unpaired) electrons. The summed E-state index contributed by atoms with van der Waals surface area (Å²) in [6, 6.07) is -0.506. The summed E-state index contributed by atoms with van der Waals surface area (Å²) in [5.74, 6) is -1.78. The second-order valence-corrected chi connectivity index (χ2v) is 7.15. The van der Waals surface area contributed by atoms with Gasteiger partial charge in [0.1, 0.15) is 12.6 Å². The van der Waals surface area contributed by atoms with Crippen LogP contribution in [0.4, 0.5) is 4.79 Å². The highest BCUT2D eigenvalue weighted by atomic mass is 16.6. The Bertz CT molecular complexity index is 877. The maximum absolute atomic E-state index is 12.9. The summed E-state index contributed by atoms with van der Waals surface area (Å²) in [7, 11) is 1.44. The molecular formula is C17H20N4O6. The van der Waals surface area contributed by atoms with Gasteiger partial charge in [-0.3, -0.25) is 14.4 Å². The number of allylic oxidation sites excluding steroid dienone is 2. The SMILES string of the molecule is CO[C@@]12[C@H](COC(N)=O)C3=C(C(=O)C(C)=C(N)C3=O)N1C[C@H]1[C@@H]2N1C(C)=O. The van der Waals surface area contributed by atoms with Crippen LogP contribution >= 0.6 is 0 Å². The molecular weight excluding hydrogens is 356 g/mol. The van der Waals surface area contributed by atoms with Crippen LogP contribution in [-0.2, 0) is 23.9 Å². The highest BCUT2D eigenvalue weighted by Gasteiger charge is 2.77. The Labute approximate surface area is 154 Å². The van der Waals surface area contributed by atoms with E-state index in [9.17, 15) is 19.2 Å². The maximum atomic E-state index is 12.9. The zero-order chi connectivity index (χ0) is 19.8. The number of primary amides is 1. The minimum absolute atomic E-state index is 0.132.